The van der Waals surface area contributed by atoms with Crippen molar-refractivity contribution in [2.75, 3.05) is 13.1 Å². The van der Waals surface area contributed by atoms with E-state index in [0.29, 0.717) is 6.42 Å². The lowest BCUT2D eigenvalue weighted by atomic mass is 10.1. The molecule has 0 fully saturated rings. The van der Waals surface area contributed by atoms with Crippen LogP contribution in [0.25, 0.3) is 11.1 Å². The van der Waals surface area contributed by atoms with Gasteiger partial charge in [-0.15, -0.1) is 0 Å². The van der Waals surface area contributed by atoms with Crippen LogP contribution in [0.3, 0.4) is 0 Å². The van der Waals surface area contributed by atoms with Crippen LogP contribution in [0.1, 0.15) is 32.3 Å². The molecule has 0 aliphatic heterocycles. The van der Waals surface area contributed by atoms with E-state index in [1.807, 2.05) is 23.1 Å². The van der Waals surface area contributed by atoms with Gasteiger partial charge in [-0.25, -0.2) is 4.98 Å². The van der Waals surface area contributed by atoms with Crippen molar-refractivity contribution in [3.8, 4) is 0 Å². The van der Waals surface area contributed by atoms with E-state index < -0.39 is 0 Å². The molecule has 1 aromatic carbocycles. The van der Waals surface area contributed by atoms with E-state index in [1.54, 1.807) is 0 Å². The van der Waals surface area contributed by atoms with Crippen LogP contribution in [0.4, 0.5) is 0 Å². The van der Waals surface area contributed by atoms with Crippen molar-refractivity contribution in [2.45, 2.75) is 33.1 Å². The first-order chi connectivity index (χ1) is 9.24. The van der Waals surface area contributed by atoms with Gasteiger partial charge < -0.3 is 9.32 Å². The standard InChI is InChI=1S/C15H20N2O2/c1-3-7-17(8-4-2)15(18)10-12-5-6-13-14(9-12)19-11-16-13/h5-6,9,11H,3-4,7-8,10H2,1-2H3. The van der Waals surface area contributed by atoms with E-state index in [0.717, 1.165) is 42.6 Å². The number of fused-ring (bicyclic) bond motifs is 1. The van der Waals surface area contributed by atoms with Crippen LogP contribution in [0.5, 0.6) is 0 Å². The predicted octanol–water partition coefficient (Wildman–Crippen LogP) is 3.02. The number of carbonyl (C=O) groups excluding carboxylic acids is 1. The summed E-state index contributed by atoms with van der Waals surface area (Å²) in [6.45, 7) is 5.85. The molecule has 0 radical (unpaired) electrons. The molecule has 2 rings (SSSR count). The second-order valence-corrected chi connectivity index (χ2v) is 4.71. The zero-order valence-corrected chi connectivity index (χ0v) is 11.6. The first-order valence-electron chi connectivity index (χ1n) is 6.84. The van der Waals surface area contributed by atoms with Gasteiger partial charge in [-0.2, -0.15) is 0 Å². The molecule has 0 N–H and O–H groups in total. The summed E-state index contributed by atoms with van der Waals surface area (Å²) in [5, 5.41) is 0. The van der Waals surface area contributed by atoms with Crippen LogP contribution in [0.15, 0.2) is 29.0 Å². The molecule has 0 unspecified atom stereocenters. The maximum absolute atomic E-state index is 12.2. The maximum atomic E-state index is 12.2. The fourth-order valence-electron chi connectivity index (χ4n) is 2.20. The Morgan fingerprint density at radius 2 is 2.00 bits per heavy atom. The van der Waals surface area contributed by atoms with Gasteiger partial charge in [0.1, 0.15) is 5.52 Å². The van der Waals surface area contributed by atoms with Gasteiger partial charge in [0, 0.05) is 13.1 Å². The van der Waals surface area contributed by atoms with Gasteiger partial charge in [0.2, 0.25) is 5.91 Å². The number of hydrogen-bond acceptors (Lipinski definition) is 3. The van der Waals surface area contributed by atoms with Crippen LogP contribution in [-0.4, -0.2) is 28.9 Å². The van der Waals surface area contributed by atoms with Crippen LogP contribution >= 0.6 is 0 Å². The number of nitrogens with zero attached hydrogens (tertiary/aromatic N) is 2. The third kappa shape index (κ3) is 3.34. The number of oxazole rings is 1. The lowest BCUT2D eigenvalue weighted by Gasteiger charge is -2.21. The lowest BCUT2D eigenvalue weighted by Crippen LogP contribution is -2.33. The Bertz CT molecular complexity index is 542. The van der Waals surface area contributed by atoms with Gasteiger partial charge in [0.15, 0.2) is 12.0 Å². The molecule has 0 spiro atoms. The highest BCUT2D eigenvalue weighted by Gasteiger charge is 2.13. The fourth-order valence-corrected chi connectivity index (χ4v) is 2.20. The molecule has 0 bridgehead atoms. The van der Waals surface area contributed by atoms with Crippen LogP contribution in [0.2, 0.25) is 0 Å². The van der Waals surface area contributed by atoms with Crippen LogP contribution < -0.4 is 0 Å². The molecule has 1 heterocycles. The van der Waals surface area contributed by atoms with Crippen LogP contribution in [0, 0.1) is 0 Å². The lowest BCUT2D eigenvalue weighted by molar-refractivity contribution is -0.130. The second-order valence-electron chi connectivity index (χ2n) is 4.71. The van der Waals surface area contributed by atoms with Crippen molar-refractivity contribution in [1.82, 2.24) is 9.88 Å². The number of benzene rings is 1. The summed E-state index contributed by atoms with van der Waals surface area (Å²) in [6.07, 6.45) is 3.84. The zero-order valence-electron chi connectivity index (χ0n) is 11.6. The van der Waals surface area contributed by atoms with E-state index in [-0.39, 0.29) is 5.91 Å². The third-order valence-electron chi connectivity index (χ3n) is 3.09. The molecule has 0 saturated carbocycles. The van der Waals surface area contributed by atoms with E-state index in [2.05, 4.69) is 18.8 Å². The predicted molar refractivity (Wildman–Crippen MR) is 74.9 cm³/mol. The first-order valence-corrected chi connectivity index (χ1v) is 6.84. The van der Waals surface area contributed by atoms with E-state index in [4.69, 9.17) is 4.42 Å². The van der Waals surface area contributed by atoms with Crippen LogP contribution in [-0.2, 0) is 11.2 Å². The van der Waals surface area contributed by atoms with Gasteiger partial charge in [-0.1, -0.05) is 19.9 Å². The summed E-state index contributed by atoms with van der Waals surface area (Å²) in [4.78, 5) is 18.3. The summed E-state index contributed by atoms with van der Waals surface area (Å²) >= 11 is 0. The maximum Gasteiger partial charge on any atom is 0.226 e. The van der Waals surface area contributed by atoms with Gasteiger partial charge in [0.05, 0.1) is 6.42 Å². The van der Waals surface area contributed by atoms with E-state index >= 15 is 0 Å². The largest absolute Gasteiger partial charge is 0.443 e. The Labute approximate surface area is 113 Å². The van der Waals surface area contributed by atoms with Crippen molar-refractivity contribution in [3.05, 3.63) is 30.2 Å². The quantitative estimate of drug-likeness (QED) is 0.802. The molecule has 4 heteroatoms. The van der Waals surface area contributed by atoms with Crippen molar-refractivity contribution >= 4 is 17.0 Å². The Balaban J connectivity index is 2.07. The van der Waals surface area contributed by atoms with Gasteiger partial charge >= 0.3 is 0 Å². The van der Waals surface area contributed by atoms with Gasteiger partial charge in [-0.05, 0) is 30.5 Å². The van der Waals surface area contributed by atoms with Crippen molar-refractivity contribution < 1.29 is 9.21 Å². The number of aromatic nitrogens is 1. The first kappa shape index (κ1) is 13.6. The molecule has 1 aromatic heterocycles. The van der Waals surface area contributed by atoms with Crippen molar-refractivity contribution in [3.63, 3.8) is 0 Å². The SMILES string of the molecule is CCCN(CCC)C(=O)Cc1ccc2ncoc2c1. The molecule has 2 aromatic rings. The summed E-state index contributed by atoms with van der Waals surface area (Å²) in [6, 6.07) is 5.74. The Hall–Kier alpha value is -1.84. The topological polar surface area (TPSA) is 46.3 Å². The van der Waals surface area contributed by atoms with E-state index in [1.165, 1.54) is 6.39 Å². The average Bonchev–Trinajstić information content (AvgIpc) is 2.86. The third-order valence-corrected chi connectivity index (χ3v) is 3.09. The molecule has 1 amide bonds. The number of hydrogen-bond donors (Lipinski definition) is 0. The molecule has 19 heavy (non-hydrogen) atoms. The summed E-state index contributed by atoms with van der Waals surface area (Å²) in [7, 11) is 0. The Morgan fingerprint density at radius 1 is 1.26 bits per heavy atom. The average molecular weight is 260 g/mol. The zero-order chi connectivity index (χ0) is 13.7. The van der Waals surface area contributed by atoms with Crippen molar-refractivity contribution in [1.29, 1.82) is 0 Å². The minimum absolute atomic E-state index is 0.183. The normalized spacial score (nSPS) is 10.8. The molecule has 0 saturated heterocycles. The molecular formula is C15H20N2O2. The molecule has 102 valence electrons. The minimum Gasteiger partial charge on any atom is -0.443 e. The molecule has 4 nitrogen and oxygen atoms in total. The molecule has 0 atom stereocenters. The highest BCUT2D eigenvalue weighted by atomic mass is 16.3. The number of carbonyl (C=O) groups is 1. The monoisotopic (exact) mass is 260 g/mol. The summed E-state index contributed by atoms with van der Waals surface area (Å²) in [5.74, 6) is 0.183. The van der Waals surface area contributed by atoms with Crippen molar-refractivity contribution in [2.24, 2.45) is 0 Å². The molecule has 0 aliphatic rings. The number of amides is 1. The highest BCUT2D eigenvalue weighted by molar-refractivity contribution is 5.81. The van der Waals surface area contributed by atoms with E-state index in [9.17, 15) is 4.79 Å². The minimum atomic E-state index is 0.183. The second kappa shape index (κ2) is 6.36. The Kier molecular flexibility index (Phi) is 4.55. The number of rotatable bonds is 6. The van der Waals surface area contributed by atoms with Gasteiger partial charge in [-0.3, -0.25) is 4.79 Å². The highest BCUT2D eigenvalue weighted by Crippen LogP contribution is 2.15. The van der Waals surface area contributed by atoms with Gasteiger partial charge in [0.25, 0.3) is 0 Å². The molecular weight excluding hydrogens is 240 g/mol. The summed E-state index contributed by atoms with van der Waals surface area (Å²) < 4.78 is 5.26. The fraction of sp³-hybridized carbons (Fsp3) is 0.467. The smallest absolute Gasteiger partial charge is 0.226 e. The summed E-state index contributed by atoms with van der Waals surface area (Å²) in [5.41, 5.74) is 2.55. The Morgan fingerprint density at radius 3 is 2.68 bits per heavy atom. The molecule has 0 aliphatic carbocycles.